The van der Waals surface area contributed by atoms with Crippen LogP contribution in [0.1, 0.15) is 28.9 Å². The van der Waals surface area contributed by atoms with E-state index in [1.165, 1.54) is 6.08 Å². The van der Waals surface area contributed by atoms with Crippen molar-refractivity contribution in [1.29, 1.82) is 0 Å². The molecule has 0 bridgehead atoms. The molecule has 0 fully saturated rings. The molecule has 1 aromatic carbocycles. The zero-order valence-corrected chi connectivity index (χ0v) is 11.3. The second-order valence-corrected chi connectivity index (χ2v) is 4.21. The minimum atomic E-state index is -1.01. The van der Waals surface area contributed by atoms with Gasteiger partial charge in [0.2, 0.25) is 5.82 Å². The van der Waals surface area contributed by atoms with E-state index >= 15 is 0 Å². The summed E-state index contributed by atoms with van der Waals surface area (Å²) in [5, 5.41) is 17.7. The van der Waals surface area contributed by atoms with Crippen LogP contribution in [0.3, 0.4) is 0 Å². The molecule has 1 heterocycles. The fourth-order valence-corrected chi connectivity index (χ4v) is 1.59. The quantitative estimate of drug-likeness (QED) is 0.725. The van der Waals surface area contributed by atoms with Gasteiger partial charge >= 0.3 is 5.97 Å². The minimum absolute atomic E-state index is 0.0849. The molecule has 0 aliphatic carbocycles. The van der Waals surface area contributed by atoms with E-state index in [0.29, 0.717) is 17.9 Å². The number of rotatable bonds is 5. The first kappa shape index (κ1) is 14.4. The highest BCUT2D eigenvalue weighted by atomic mass is 16.4. The van der Waals surface area contributed by atoms with Crippen molar-refractivity contribution in [2.75, 3.05) is 5.32 Å². The SMILES string of the molecule is CCc1nc(C(=O)Nc2ccc(/C=C/C(=O)O)cc2)n[nH]1. The summed E-state index contributed by atoms with van der Waals surface area (Å²) in [6, 6.07) is 6.74. The molecular formula is C14H14N4O3. The van der Waals surface area contributed by atoms with Crippen molar-refractivity contribution < 1.29 is 14.7 Å². The first-order valence-electron chi connectivity index (χ1n) is 6.32. The average Bonchev–Trinajstić information content (AvgIpc) is 2.95. The van der Waals surface area contributed by atoms with Crippen LogP contribution in [0.5, 0.6) is 0 Å². The number of aryl methyl sites for hydroxylation is 1. The molecule has 108 valence electrons. The van der Waals surface area contributed by atoms with E-state index < -0.39 is 11.9 Å². The number of aromatic nitrogens is 3. The number of H-pyrrole nitrogens is 1. The molecule has 0 radical (unpaired) electrons. The largest absolute Gasteiger partial charge is 0.478 e. The molecule has 7 heteroatoms. The van der Waals surface area contributed by atoms with Crippen LogP contribution in [-0.4, -0.2) is 32.2 Å². The van der Waals surface area contributed by atoms with E-state index in [4.69, 9.17) is 5.11 Å². The van der Waals surface area contributed by atoms with E-state index in [0.717, 1.165) is 11.6 Å². The van der Waals surface area contributed by atoms with Gasteiger partial charge in [-0.3, -0.25) is 9.89 Å². The second kappa shape index (κ2) is 6.47. The summed E-state index contributed by atoms with van der Waals surface area (Å²) in [4.78, 5) is 26.3. The summed E-state index contributed by atoms with van der Waals surface area (Å²) in [5.41, 5.74) is 1.30. The van der Waals surface area contributed by atoms with Crippen LogP contribution in [0.2, 0.25) is 0 Å². The maximum Gasteiger partial charge on any atom is 0.328 e. The lowest BCUT2D eigenvalue weighted by atomic mass is 10.2. The van der Waals surface area contributed by atoms with Crippen LogP contribution in [0.4, 0.5) is 5.69 Å². The highest BCUT2D eigenvalue weighted by molar-refractivity contribution is 6.01. The Morgan fingerprint density at radius 3 is 2.62 bits per heavy atom. The third kappa shape index (κ3) is 4.00. The van der Waals surface area contributed by atoms with Gasteiger partial charge in [0.1, 0.15) is 5.82 Å². The number of nitrogens with zero attached hydrogens (tertiary/aromatic N) is 2. The molecule has 0 aliphatic rings. The molecule has 0 aliphatic heterocycles. The van der Waals surface area contributed by atoms with Crippen LogP contribution in [-0.2, 0) is 11.2 Å². The van der Waals surface area contributed by atoms with Crippen molar-refractivity contribution >= 4 is 23.6 Å². The van der Waals surface area contributed by atoms with Crippen molar-refractivity contribution in [2.24, 2.45) is 0 Å². The topological polar surface area (TPSA) is 108 Å². The summed E-state index contributed by atoms with van der Waals surface area (Å²) >= 11 is 0. The molecule has 0 saturated carbocycles. The predicted molar refractivity (Wildman–Crippen MR) is 76.8 cm³/mol. The smallest absolute Gasteiger partial charge is 0.328 e. The number of amides is 1. The third-order valence-corrected chi connectivity index (χ3v) is 2.66. The number of hydrogen-bond donors (Lipinski definition) is 3. The molecule has 7 nitrogen and oxygen atoms in total. The van der Waals surface area contributed by atoms with E-state index in [2.05, 4.69) is 20.5 Å². The first-order chi connectivity index (χ1) is 10.1. The Morgan fingerprint density at radius 1 is 1.33 bits per heavy atom. The zero-order valence-electron chi connectivity index (χ0n) is 11.3. The van der Waals surface area contributed by atoms with E-state index in [1.54, 1.807) is 24.3 Å². The number of benzene rings is 1. The lowest BCUT2D eigenvalue weighted by Crippen LogP contribution is -2.13. The standard InChI is InChI=1S/C14H14N4O3/c1-2-11-16-13(18-17-11)14(21)15-10-6-3-9(4-7-10)5-8-12(19)20/h3-8H,2H2,1H3,(H,15,21)(H,19,20)(H,16,17,18)/b8-5+. The number of nitrogens with one attached hydrogen (secondary N) is 2. The Morgan fingerprint density at radius 2 is 2.05 bits per heavy atom. The molecule has 0 spiro atoms. The maximum atomic E-state index is 11.9. The van der Waals surface area contributed by atoms with E-state index in [9.17, 15) is 9.59 Å². The number of anilines is 1. The molecule has 0 saturated heterocycles. The fraction of sp³-hybridized carbons (Fsp3) is 0.143. The molecule has 3 N–H and O–H groups in total. The second-order valence-electron chi connectivity index (χ2n) is 4.21. The van der Waals surface area contributed by atoms with Gasteiger partial charge in [0.15, 0.2) is 0 Å². The van der Waals surface area contributed by atoms with Crippen molar-refractivity contribution in [3.63, 3.8) is 0 Å². The lowest BCUT2D eigenvalue weighted by molar-refractivity contribution is -0.131. The summed E-state index contributed by atoms with van der Waals surface area (Å²) in [7, 11) is 0. The molecule has 2 aromatic rings. The van der Waals surface area contributed by atoms with Gasteiger partial charge in [0, 0.05) is 18.2 Å². The van der Waals surface area contributed by atoms with Crippen molar-refractivity contribution in [1.82, 2.24) is 15.2 Å². The fourth-order valence-electron chi connectivity index (χ4n) is 1.59. The van der Waals surface area contributed by atoms with Crippen molar-refractivity contribution in [3.05, 3.63) is 47.6 Å². The normalized spacial score (nSPS) is 10.7. The summed E-state index contributed by atoms with van der Waals surface area (Å²) in [6.45, 7) is 1.91. The van der Waals surface area contributed by atoms with Gasteiger partial charge in [0.25, 0.3) is 5.91 Å². The Hall–Kier alpha value is -2.96. The van der Waals surface area contributed by atoms with Gasteiger partial charge < -0.3 is 10.4 Å². The van der Waals surface area contributed by atoms with E-state index in [-0.39, 0.29) is 5.82 Å². The minimum Gasteiger partial charge on any atom is -0.478 e. The van der Waals surface area contributed by atoms with Gasteiger partial charge in [-0.05, 0) is 23.8 Å². The van der Waals surface area contributed by atoms with Crippen LogP contribution in [0, 0.1) is 0 Å². The van der Waals surface area contributed by atoms with Gasteiger partial charge in [-0.1, -0.05) is 19.1 Å². The predicted octanol–water partition coefficient (Wildman–Crippen LogP) is 1.72. The van der Waals surface area contributed by atoms with Crippen LogP contribution in [0.15, 0.2) is 30.3 Å². The summed E-state index contributed by atoms with van der Waals surface area (Å²) in [5.74, 6) is -0.681. The Kier molecular flexibility index (Phi) is 4.45. The number of carbonyl (C=O) groups is 2. The van der Waals surface area contributed by atoms with Crippen LogP contribution in [0.25, 0.3) is 6.08 Å². The lowest BCUT2D eigenvalue weighted by Gasteiger charge is -2.02. The van der Waals surface area contributed by atoms with Gasteiger partial charge in [-0.15, -0.1) is 5.10 Å². The molecule has 1 aromatic heterocycles. The van der Waals surface area contributed by atoms with Gasteiger partial charge in [-0.25, -0.2) is 9.78 Å². The van der Waals surface area contributed by atoms with Gasteiger partial charge in [-0.2, -0.15) is 0 Å². The number of carboxylic acid groups (broad SMARTS) is 1. The van der Waals surface area contributed by atoms with Crippen LogP contribution >= 0.6 is 0 Å². The van der Waals surface area contributed by atoms with E-state index in [1.807, 2.05) is 6.92 Å². The molecular weight excluding hydrogens is 272 g/mol. The monoisotopic (exact) mass is 286 g/mol. The number of carbonyl (C=O) groups excluding carboxylic acids is 1. The maximum absolute atomic E-state index is 11.9. The van der Waals surface area contributed by atoms with Crippen LogP contribution < -0.4 is 5.32 Å². The third-order valence-electron chi connectivity index (χ3n) is 2.66. The molecule has 1 amide bonds. The highest BCUT2D eigenvalue weighted by Crippen LogP contribution is 2.11. The Labute approximate surface area is 120 Å². The van der Waals surface area contributed by atoms with Gasteiger partial charge in [0.05, 0.1) is 0 Å². The summed E-state index contributed by atoms with van der Waals surface area (Å²) < 4.78 is 0. The highest BCUT2D eigenvalue weighted by Gasteiger charge is 2.11. The molecule has 21 heavy (non-hydrogen) atoms. The number of carboxylic acids is 1. The van der Waals surface area contributed by atoms with Crippen molar-refractivity contribution in [2.45, 2.75) is 13.3 Å². The molecule has 0 atom stereocenters. The average molecular weight is 286 g/mol. The first-order valence-corrected chi connectivity index (χ1v) is 6.32. The number of aromatic amines is 1. The summed E-state index contributed by atoms with van der Waals surface area (Å²) in [6.07, 6.45) is 3.19. The number of hydrogen-bond acceptors (Lipinski definition) is 4. The molecule has 0 unspecified atom stereocenters. The zero-order chi connectivity index (χ0) is 15.2. The van der Waals surface area contributed by atoms with Crippen molar-refractivity contribution in [3.8, 4) is 0 Å². The number of aliphatic carboxylic acids is 1. The Bertz CT molecular complexity index is 674. The molecule has 2 rings (SSSR count). The Balaban J connectivity index is 2.02.